The monoisotopic (exact) mass is 194 g/mol. The Balaban J connectivity index is 3.00. The molecule has 4 nitrogen and oxygen atoms in total. The van der Waals surface area contributed by atoms with Gasteiger partial charge in [-0.1, -0.05) is 0 Å². The third-order valence-corrected chi connectivity index (χ3v) is 2.48. The van der Waals surface area contributed by atoms with Gasteiger partial charge in [0.05, 0.1) is 0 Å². The van der Waals surface area contributed by atoms with Crippen LogP contribution in [0.1, 0.15) is 17.0 Å². The predicted octanol–water partition coefficient (Wildman–Crippen LogP) is 1.71. The Hall–Kier alpha value is -1.23. The molecule has 0 fully saturated rings. The largest absolute Gasteiger partial charge is 0.265 e. The summed E-state index contributed by atoms with van der Waals surface area (Å²) in [6.45, 7) is 6.03. The summed E-state index contributed by atoms with van der Waals surface area (Å²) in [5.41, 5.74) is 3.27. The molecule has 0 saturated carbocycles. The van der Waals surface area contributed by atoms with E-state index in [1.54, 1.807) is 0 Å². The number of H-pyrrole nitrogens is 1. The topological polar surface area (TPSA) is 46.0 Å². The minimum atomic E-state index is 0.473. The van der Waals surface area contributed by atoms with Gasteiger partial charge in [-0.25, -0.2) is 9.50 Å². The molecule has 2 heterocycles. The summed E-state index contributed by atoms with van der Waals surface area (Å²) in [7, 11) is 0. The maximum absolute atomic E-state index is 4.93. The highest BCUT2D eigenvalue weighted by Crippen LogP contribution is 2.10. The average Bonchev–Trinajstić information content (AvgIpc) is 2.42. The van der Waals surface area contributed by atoms with Crippen molar-refractivity contribution < 1.29 is 0 Å². The standard InChI is InChI=1S/C8H10N4S/c1-4-5(2)9-7-10-8(13)11-12(7)6(4)3/h1-3H3,(H,11,13). The van der Waals surface area contributed by atoms with Crippen LogP contribution in [-0.4, -0.2) is 19.6 Å². The number of aryl methyl sites for hydroxylation is 2. The Morgan fingerprint density at radius 3 is 2.62 bits per heavy atom. The van der Waals surface area contributed by atoms with Gasteiger partial charge in [-0.05, 0) is 38.6 Å². The lowest BCUT2D eigenvalue weighted by molar-refractivity contribution is 0.865. The molecule has 0 aliphatic heterocycles. The van der Waals surface area contributed by atoms with Crippen LogP contribution in [0.5, 0.6) is 0 Å². The Kier molecular flexibility index (Phi) is 1.69. The van der Waals surface area contributed by atoms with Crippen molar-refractivity contribution in [1.29, 1.82) is 0 Å². The molecule has 5 heteroatoms. The van der Waals surface area contributed by atoms with Gasteiger partial charge in [0.25, 0.3) is 5.78 Å². The highest BCUT2D eigenvalue weighted by molar-refractivity contribution is 7.71. The van der Waals surface area contributed by atoms with E-state index in [2.05, 4.69) is 15.1 Å². The lowest BCUT2D eigenvalue weighted by Gasteiger charge is -2.04. The average molecular weight is 194 g/mol. The molecule has 0 atom stereocenters. The second-order valence-electron chi connectivity index (χ2n) is 3.07. The first kappa shape index (κ1) is 8.37. The summed E-state index contributed by atoms with van der Waals surface area (Å²) in [6.07, 6.45) is 0. The van der Waals surface area contributed by atoms with Gasteiger partial charge in [-0.2, -0.15) is 4.98 Å². The van der Waals surface area contributed by atoms with Crippen LogP contribution in [0.4, 0.5) is 0 Å². The van der Waals surface area contributed by atoms with Crippen LogP contribution in [0, 0.1) is 25.5 Å². The second-order valence-corrected chi connectivity index (χ2v) is 3.46. The summed E-state index contributed by atoms with van der Waals surface area (Å²) in [5, 5.41) is 2.95. The van der Waals surface area contributed by atoms with Crippen molar-refractivity contribution in [2.45, 2.75) is 20.8 Å². The molecule has 2 aromatic rings. The van der Waals surface area contributed by atoms with E-state index in [1.807, 2.05) is 25.3 Å². The SMILES string of the molecule is Cc1nc2nc(=S)[nH]n2c(C)c1C. The van der Waals surface area contributed by atoms with Gasteiger partial charge in [0.15, 0.2) is 0 Å². The van der Waals surface area contributed by atoms with E-state index in [-0.39, 0.29) is 0 Å². The van der Waals surface area contributed by atoms with E-state index >= 15 is 0 Å². The van der Waals surface area contributed by atoms with Crippen molar-refractivity contribution in [3.63, 3.8) is 0 Å². The molecule has 0 aromatic carbocycles. The minimum Gasteiger partial charge on any atom is -0.265 e. The van der Waals surface area contributed by atoms with Gasteiger partial charge in [0, 0.05) is 11.4 Å². The molecule has 0 amide bonds. The summed E-state index contributed by atoms with van der Waals surface area (Å²) in [5.74, 6) is 0.644. The fourth-order valence-corrected chi connectivity index (χ4v) is 1.46. The molecule has 0 saturated heterocycles. The van der Waals surface area contributed by atoms with Gasteiger partial charge in [-0.3, -0.25) is 5.10 Å². The van der Waals surface area contributed by atoms with E-state index in [9.17, 15) is 0 Å². The van der Waals surface area contributed by atoms with E-state index in [0.29, 0.717) is 10.5 Å². The zero-order chi connectivity index (χ0) is 9.59. The van der Waals surface area contributed by atoms with Gasteiger partial charge >= 0.3 is 0 Å². The van der Waals surface area contributed by atoms with Crippen molar-refractivity contribution >= 4 is 18.0 Å². The first-order valence-electron chi connectivity index (χ1n) is 4.02. The third kappa shape index (κ3) is 1.16. The number of hydrogen-bond acceptors (Lipinski definition) is 3. The molecule has 0 aliphatic carbocycles. The van der Waals surface area contributed by atoms with Crippen LogP contribution in [0.3, 0.4) is 0 Å². The number of nitrogens with one attached hydrogen (secondary N) is 1. The van der Waals surface area contributed by atoms with Crippen LogP contribution < -0.4 is 0 Å². The first-order valence-corrected chi connectivity index (χ1v) is 4.43. The highest BCUT2D eigenvalue weighted by atomic mass is 32.1. The Labute approximate surface area is 80.6 Å². The number of aromatic amines is 1. The van der Waals surface area contributed by atoms with E-state index < -0.39 is 0 Å². The minimum absolute atomic E-state index is 0.473. The molecule has 0 unspecified atom stereocenters. The normalized spacial score (nSPS) is 11.0. The Bertz CT molecular complexity index is 523. The van der Waals surface area contributed by atoms with Crippen molar-refractivity contribution in [2.75, 3.05) is 0 Å². The number of fused-ring (bicyclic) bond motifs is 1. The maximum atomic E-state index is 4.93. The maximum Gasteiger partial charge on any atom is 0.252 e. The van der Waals surface area contributed by atoms with Crippen molar-refractivity contribution in [1.82, 2.24) is 19.6 Å². The predicted molar refractivity (Wildman–Crippen MR) is 52.4 cm³/mol. The summed E-state index contributed by atoms with van der Waals surface area (Å²) < 4.78 is 2.28. The fraction of sp³-hybridized carbons (Fsp3) is 0.375. The van der Waals surface area contributed by atoms with Gasteiger partial charge < -0.3 is 0 Å². The number of hydrogen-bond donors (Lipinski definition) is 1. The Morgan fingerprint density at radius 2 is 1.92 bits per heavy atom. The molecule has 0 aliphatic rings. The Morgan fingerprint density at radius 1 is 1.23 bits per heavy atom. The summed E-state index contributed by atoms with van der Waals surface area (Å²) in [6, 6.07) is 0. The zero-order valence-electron chi connectivity index (χ0n) is 7.75. The quantitative estimate of drug-likeness (QED) is 0.649. The number of nitrogens with zero attached hydrogens (tertiary/aromatic N) is 3. The molecule has 13 heavy (non-hydrogen) atoms. The van der Waals surface area contributed by atoms with Gasteiger partial charge in [0.2, 0.25) is 4.77 Å². The van der Waals surface area contributed by atoms with Gasteiger partial charge in [0.1, 0.15) is 0 Å². The van der Waals surface area contributed by atoms with Crippen molar-refractivity contribution in [3.8, 4) is 0 Å². The molecule has 2 aromatic heterocycles. The lowest BCUT2D eigenvalue weighted by Crippen LogP contribution is -2.02. The molecule has 68 valence electrons. The van der Waals surface area contributed by atoms with E-state index in [1.165, 1.54) is 0 Å². The summed E-state index contributed by atoms with van der Waals surface area (Å²) >= 11 is 4.93. The molecule has 0 radical (unpaired) electrons. The van der Waals surface area contributed by atoms with E-state index in [0.717, 1.165) is 17.0 Å². The van der Waals surface area contributed by atoms with Crippen molar-refractivity contribution in [2.24, 2.45) is 0 Å². The van der Waals surface area contributed by atoms with Crippen LogP contribution >= 0.6 is 12.2 Å². The fourth-order valence-electron chi connectivity index (χ4n) is 1.28. The van der Waals surface area contributed by atoms with Crippen LogP contribution in [0.15, 0.2) is 0 Å². The number of rotatable bonds is 0. The highest BCUT2D eigenvalue weighted by Gasteiger charge is 2.05. The summed E-state index contributed by atoms with van der Waals surface area (Å²) in [4.78, 5) is 8.40. The van der Waals surface area contributed by atoms with Crippen molar-refractivity contribution in [3.05, 3.63) is 21.7 Å². The third-order valence-electron chi connectivity index (χ3n) is 2.30. The van der Waals surface area contributed by atoms with Crippen LogP contribution in [0.2, 0.25) is 0 Å². The van der Waals surface area contributed by atoms with E-state index in [4.69, 9.17) is 12.2 Å². The molecular weight excluding hydrogens is 184 g/mol. The molecule has 0 bridgehead atoms. The van der Waals surface area contributed by atoms with Gasteiger partial charge in [-0.15, -0.1) is 0 Å². The van der Waals surface area contributed by atoms with Crippen LogP contribution in [0.25, 0.3) is 5.78 Å². The molecule has 1 N–H and O–H groups in total. The number of aromatic nitrogens is 4. The zero-order valence-corrected chi connectivity index (χ0v) is 8.57. The second kappa shape index (κ2) is 2.63. The lowest BCUT2D eigenvalue weighted by atomic mass is 10.2. The first-order chi connectivity index (χ1) is 6.09. The smallest absolute Gasteiger partial charge is 0.252 e. The molecule has 2 rings (SSSR count). The molecule has 0 spiro atoms. The molecular formula is C8H10N4S. The van der Waals surface area contributed by atoms with Crippen LogP contribution in [-0.2, 0) is 0 Å².